The predicted octanol–water partition coefficient (Wildman–Crippen LogP) is 3.33. The van der Waals surface area contributed by atoms with Crippen molar-refractivity contribution in [3.05, 3.63) is 38.9 Å². The summed E-state index contributed by atoms with van der Waals surface area (Å²) in [5.74, 6) is 0.409. The van der Waals surface area contributed by atoms with Crippen LogP contribution in [0.2, 0.25) is 5.02 Å². The molecular weight excluding hydrogens is 242 g/mol. The zero-order valence-electron chi connectivity index (χ0n) is 9.35. The maximum absolute atomic E-state index is 11.5. The van der Waals surface area contributed by atoms with Crippen LogP contribution in [0.3, 0.4) is 0 Å². The Hall–Kier alpha value is -1.42. The second-order valence-corrected chi connectivity index (χ2v) is 4.64. The van der Waals surface area contributed by atoms with E-state index in [4.69, 9.17) is 11.6 Å². The minimum absolute atomic E-state index is 0.0424. The maximum Gasteiger partial charge on any atom is 0.288 e. The van der Waals surface area contributed by atoms with Crippen molar-refractivity contribution in [2.45, 2.75) is 25.7 Å². The number of hydrogen-bond donors (Lipinski definition) is 0. The molecule has 1 saturated carbocycles. The third kappa shape index (κ3) is 2.31. The minimum atomic E-state index is -0.495. The highest BCUT2D eigenvalue weighted by atomic mass is 35.5. The van der Waals surface area contributed by atoms with E-state index in [1.165, 1.54) is 12.1 Å². The summed E-state index contributed by atoms with van der Waals surface area (Å²) < 4.78 is 0. The summed E-state index contributed by atoms with van der Waals surface area (Å²) in [5.41, 5.74) is 0.756. The summed E-state index contributed by atoms with van der Waals surface area (Å²) >= 11 is 5.73. The van der Waals surface area contributed by atoms with Gasteiger partial charge < -0.3 is 0 Å². The SMILES string of the molecule is CCC(=O)C1CC1c1ccc(Cl)c([N+](=O)[O-])c1. The van der Waals surface area contributed by atoms with Gasteiger partial charge in [-0.05, 0) is 24.0 Å². The molecule has 0 bridgehead atoms. The van der Waals surface area contributed by atoms with Crippen LogP contribution in [0, 0.1) is 16.0 Å². The lowest BCUT2D eigenvalue weighted by molar-refractivity contribution is -0.384. The van der Waals surface area contributed by atoms with Crippen LogP contribution in [-0.4, -0.2) is 10.7 Å². The Morgan fingerprint density at radius 1 is 1.59 bits per heavy atom. The molecule has 5 heteroatoms. The topological polar surface area (TPSA) is 60.2 Å². The Labute approximate surface area is 104 Å². The van der Waals surface area contributed by atoms with Crippen molar-refractivity contribution < 1.29 is 9.72 Å². The molecule has 1 aromatic rings. The molecule has 0 aromatic heterocycles. The third-order valence-electron chi connectivity index (χ3n) is 3.15. The summed E-state index contributed by atoms with van der Waals surface area (Å²) in [6.07, 6.45) is 1.32. The fourth-order valence-corrected chi connectivity index (χ4v) is 2.27. The lowest BCUT2D eigenvalue weighted by Crippen LogP contribution is -1.99. The summed E-state index contributed by atoms with van der Waals surface area (Å²) in [7, 11) is 0. The molecular formula is C12H12ClNO3. The van der Waals surface area contributed by atoms with Crippen LogP contribution in [0.15, 0.2) is 18.2 Å². The van der Waals surface area contributed by atoms with Gasteiger partial charge in [-0.3, -0.25) is 14.9 Å². The number of ketones is 1. The first kappa shape index (κ1) is 12.0. The van der Waals surface area contributed by atoms with Crippen LogP contribution in [0.4, 0.5) is 5.69 Å². The molecule has 1 aliphatic rings. The van der Waals surface area contributed by atoms with Crippen molar-refractivity contribution in [1.82, 2.24) is 0 Å². The molecule has 4 nitrogen and oxygen atoms in total. The highest BCUT2D eigenvalue weighted by Gasteiger charge is 2.43. The van der Waals surface area contributed by atoms with Crippen LogP contribution in [0.1, 0.15) is 31.2 Å². The number of nitro groups is 1. The van der Waals surface area contributed by atoms with Gasteiger partial charge in [-0.15, -0.1) is 0 Å². The first-order valence-corrected chi connectivity index (χ1v) is 5.89. The molecule has 0 spiro atoms. The molecule has 0 amide bonds. The second-order valence-electron chi connectivity index (χ2n) is 4.24. The first-order valence-electron chi connectivity index (χ1n) is 5.51. The smallest absolute Gasteiger partial charge is 0.288 e. The molecule has 0 heterocycles. The number of Topliss-reactive ketones (excluding diaryl/α,β-unsaturated/α-hetero) is 1. The lowest BCUT2D eigenvalue weighted by atomic mass is 10.1. The largest absolute Gasteiger partial charge is 0.299 e. The summed E-state index contributed by atoms with van der Waals surface area (Å²) in [6.45, 7) is 1.84. The number of hydrogen-bond acceptors (Lipinski definition) is 3. The molecule has 2 rings (SSSR count). The quantitative estimate of drug-likeness (QED) is 0.611. The van der Waals surface area contributed by atoms with Gasteiger partial charge in [0.05, 0.1) is 4.92 Å². The third-order valence-corrected chi connectivity index (χ3v) is 3.47. The first-order chi connectivity index (χ1) is 8.04. The van der Waals surface area contributed by atoms with Crippen LogP contribution in [0.25, 0.3) is 0 Å². The Balaban J connectivity index is 2.22. The Kier molecular flexibility index (Phi) is 3.15. The van der Waals surface area contributed by atoms with Crippen LogP contribution in [-0.2, 0) is 4.79 Å². The number of halogens is 1. The van der Waals surface area contributed by atoms with Crippen molar-refractivity contribution in [3.63, 3.8) is 0 Å². The Morgan fingerprint density at radius 3 is 2.88 bits per heavy atom. The van der Waals surface area contributed by atoms with Gasteiger partial charge in [0.2, 0.25) is 0 Å². The fraction of sp³-hybridized carbons (Fsp3) is 0.417. The Morgan fingerprint density at radius 2 is 2.29 bits per heavy atom. The predicted molar refractivity (Wildman–Crippen MR) is 64.3 cm³/mol. The van der Waals surface area contributed by atoms with E-state index in [2.05, 4.69) is 0 Å². The van der Waals surface area contributed by atoms with Gasteiger partial charge in [-0.1, -0.05) is 24.6 Å². The lowest BCUT2D eigenvalue weighted by Gasteiger charge is -2.01. The highest BCUT2D eigenvalue weighted by molar-refractivity contribution is 6.32. The van der Waals surface area contributed by atoms with Gasteiger partial charge >= 0.3 is 0 Å². The fourth-order valence-electron chi connectivity index (χ4n) is 2.08. The Bertz CT molecular complexity index is 487. The van der Waals surface area contributed by atoms with E-state index in [-0.39, 0.29) is 28.3 Å². The van der Waals surface area contributed by atoms with Crippen molar-refractivity contribution in [2.75, 3.05) is 0 Å². The minimum Gasteiger partial charge on any atom is -0.299 e. The molecule has 2 atom stereocenters. The monoisotopic (exact) mass is 253 g/mol. The van der Waals surface area contributed by atoms with Crippen LogP contribution in [0.5, 0.6) is 0 Å². The average molecular weight is 254 g/mol. The van der Waals surface area contributed by atoms with E-state index in [0.29, 0.717) is 6.42 Å². The van der Waals surface area contributed by atoms with Crippen molar-refractivity contribution >= 4 is 23.1 Å². The zero-order valence-corrected chi connectivity index (χ0v) is 10.1. The highest BCUT2D eigenvalue weighted by Crippen LogP contribution is 2.49. The number of benzene rings is 1. The standard InChI is InChI=1S/C12H12ClNO3/c1-2-12(15)9-6-8(9)7-3-4-10(13)11(5-7)14(16)17/h3-5,8-9H,2,6H2,1H3. The van der Waals surface area contributed by atoms with Gasteiger partial charge in [-0.2, -0.15) is 0 Å². The van der Waals surface area contributed by atoms with Crippen LogP contribution >= 0.6 is 11.6 Å². The molecule has 0 aliphatic heterocycles. The molecule has 1 aliphatic carbocycles. The number of rotatable bonds is 4. The van der Waals surface area contributed by atoms with E-state index in [0.717, 1.165) is 12.0 Å². The number of carbonyl (C=O) groups excluding carboxylic acids is 1. The van der Waals surface area contributed by atoms with Gasteiger partial charge in [0.15, 0.2) is 0 Å². The van der Waals surface area contributed by atoms with Gasteiger partial charge in [0.25, 0.3) is 5.69 Å². The maximum atomic E-state index is 11.5. The number of nitrogens with zero attached hydrogens (tertiary/aromatic N) is 1. The zero-order chi connectivity index (χ0) is 12.6. The van der Waals surface area contributed by atoms with E-state index in [9.17, 15) is 14.9 Å². The molecule has 2 unspecified atom stereocenters. The molecule has 1 fully saturated rings. The molecule has 0 radical (unpaired) electrons. The molecule has 90 valence electrons. The van der Waals surface area contributed by atoms with Crippen molar-refractivity contribution in [2.24, 2.45) is 5.92 Å². The summed E-state index contributed by atoms with van der Waals surface area (Å²) in [5, 5.41) is 10.9. The van der Waals surface area contributed by atoms with E-state index < -0.39 is 4.92 Å². The average Bonchev–Trinajstić information content (AvgIpc) is 3.08. The normalized spacial score (nSPS) is 22.2. The second kappa shape index (κ2) is 4.45. The van der Waals surface area contributed by atoms with Gasteiger partial charge in [0.1, 0.15) is 10.8 Å². The van der Waals surface area contributed by atoms with E-state index in [1.807, 2.05) is 6.92 Å². The number of carbonyl (C=O) groups is 1. The van der Waals surface area contributed by atoms with Gasteiger partial charge in [-0.25, -0.2) is 0 Å². The molecule has 0 N–H and O–H groups in total. The molecule has 17 heavy (non-hydrogen) atoms. The van der Waals surface area contributed by atoms with Crippen molar-refractivity contribution in [1.29, 1.82) is 0 Å². The molecule has 1 aromatic carbocycles. The van der Waals surface area contributed by atoms with E-state index in [1.54, 1.807) is 6.07 Å². The van der Waals surface area contributed by atoms with Gasteiger partial charge in [0, 0.05) is 18.4 Å². The summed E-state index contributed by atoms with van der Waals surface area (Å²) in [6, 6.07) is 4.78. The molecule has 0 saturated heterocycles. The van der Waals surface area contributed by atoms with Crippen molar-refractivity contribution in [3.8, 4) is 0 Å². The summed E-state index contributed by atoms with van der Waals surface area (Å²) in [4.78, 5) is 21.7. The van der Waals surface area contributed by atoms with E-state index >= 15 is 0 Å². The number of nitro benzene ring substituents is 1. The van der Waals surface area contributed by atoms with Crippen LogP contribution < -0.4 is 0 Å².